The minimum absolute atomic E-state index is 0. The van der Waals surface area contributed by atoms with Crippen LogP contribution in [0.3, 0.4) is 0 Å². The lowest BCUT2D eigenvalue weighted by Crippen LogP contribution is -2.40. The fourth-order valence-electron chi connectivity index (χ4n) is 2.81. The Hall–Kier alpha value is -0.130. The quantitative estimate of drug-likeness (QED) is 0.235. The lowest BCUT2D eigenvalue weighted by molar-refractivity contribution is 0.157. The van der Waals surface area contributed by atoms with E-state index >= 15 is 0 Å². The number of likely N-dealkylation sites (tertiary alicyclic amines) is 1. The summed E-state index contributed by atoms with van der Waals surface area (Å²) in [6.45, 7) is 9.13. The largest absolute Gasteiger partial charge is 0.384 e. The van der Waals surface area contributed by atoms with Crippen molar-refractivity contribution in [3.63, 3.8) is 0 Å². The molecule has 9 heteroatoms. The molecule has 1 N–H and O–H groups in total. The highest BCUT2D eigenvalue weighted by Gasteiger charge is 2.24. The molecule has 1 aliphatic heterocycles. The van der Waals surface area contributed by atoms with E-state index in [1.807, 2.05) is 6.92 Å². The summed E-state index contributed by atoms with van der Waals surface area (Å²) in [5.74, 6) is 1.48. The summed E-state index contributed by atoms with van der Waals surface area (Å²) in [5, 5.41) is 3.32. The first-order chi connectivity index (χ1) is 10.9. The SMILES string of the molecule is CCNC(=NCCCN(CC)S(C)(=O)=O)N1CCC(COC)C1.I. The lowest BCUT2D eigenvalue weighted by Gasteiger charge is -2.22. The van der Waals surface area contributed by atoms with Gasteiger partial charge in [0.2, 0.25) is 10.0 Å². The van der Waals surface area contributed by atoms with Crippen molar-refractivity contribution in [1.29, 1.82) is 0 Å². The van der Waals surface area contributed by atoms with E-state index in [2.05, 4.69) is 22.1 Å². The molecule has 1 unspecified atom stereocenters. The second-order valence-corrected chi connectivity index (χ2v) is 7.88. The standard InChI is InChI=1S/C15H32N4O3S.HI/c1-5-16-15(18-11-8-14(12-18)13-22-3)17-9-7-10-19(6-2)23(4,20)21;/h14H,5-13H2,1-4H3,(H,16,17);1H. The van der Waals surface area contributed by atoms with Crippen LogP contribution in [0.5, 0.6) is 0 Å². The molecular weight excluding hydrogens is 443 g/mol. The Morgan fingerprint density at radius 2 is 2.12 bits per heavy atom. The van der Waals surface area contributed by atoms with Crippen molar-refractivity contribution in [2.45, 2.75) is 26.7 Å². The number of halogens is 1. The third-order valence-corrected chi connectivity index (χ3v) is 5.35. The summed E-state index contributed by atoms with van der Waals surface area (Å²) < 4.78 is 29.8. The highest BCUT2D eigenvalue weighted by Crippen LogP contribution is 2.16. The molecular formula is C15H33IN4O3S. The third kappa shape index (κ3) is 8.30. The topological polar surface area (TPSA) is 74.2 Å². The van der Waals surface area contributed by atoms with Gasteiger partial charge in [0.05, 0.1) is 12.9 Å². The minimum atomic E-state index is -3.11. The molecule has 0 aromatic heterocycles. The van der Waals surface area contributed by atoms with Gasteiger partial charge in [-0.2, -0.15) is 0 Å². The number of nitrogens with one attached hydrogen (secondary N) is 1. The highest BCUT2D eigenvalue weighted by molar-refractivity contribution is 14.0. The van der Waals surface area contributed by atoms with Gasteiger partial charge in [-0.05, 0) is 19.8 Å². The molecule has 0 saturated carbocycles. The fourth-order valence-corrected chi connectivity index (χ4v) is 3.74. The molecule has 1 fully saturated rings. The van der Waals surface area contributed by atoms with E-state index in [0.717, 1.165) is 45.0 Å². The van der Waals surface area contributed by atoms with E-state index in [1.165, 1.54) is 10.6 Å². The Kier molecular flexibility index (Phi) is 12.2. The van der Waals surface area contributed by atoms with E-state index in [1.54, 1.807) is 7.11 Å². The van der Waals surface area contributed by atoms with Crippen LogP contribution in [-0.4, -0.2) is 82.8 Å². The van der Waals surface area contributed by atoms with Gasteiger partial charge in [0.1, 0.15) is 0 Å². The molecule has 0 spiro atoms. The molecule has 1 heterocycles. The van der Waals surface area contributed by atoms with Crippen LogP contribution in [0.1, 0.15) is 26.7 Å². The maximum atomic E-state index is 11.6. The van der Waals surface area contributed by atoms with Gasteiger partial charge in [-0.3, -0.25) is 4.99 Å². The molecule has 7 nitrogen and oxygen atoms in total. The van der Waals surface area contributed by atoms with Crippen molar-refractivity contribution < 1.29 is 13.2 Å². The maximum Gasteiger partial charge on any atom is 0.211 e. The van der Waals surface area contributed by atoms with Gasteiger partial charge in [-0.1, -0.05) is 6.92 Å². The summed E-state index contributed by atoms with van der Waals surface area (Å²) in [5.41, 5.74) is 0. The smallest absolute Gasteiger partial charge is 0.211 e. The Morgan fingerprint density at radius 1 is 1.42 bits per heavy atom. The molecule has 0 amide bonds. The lowest BCUT2D eigenvalue weighted by atomic mass is 10.1. The molecule has 144 valence electrons. The first kappa shape index (κ1) is 23.9. The highest BCUT2D eigenvalue weighted by atomic mass is 127. The summed E-state index contributed by atoms with van der Waals surface area (Å²) in [4.78, 5) is 6.91. The van der Waals surface area contributed by atoms with Crippen molar-refractivity contribution in [3.8, 4) is 0 Å². The number of guanidine groups is 1. The van der Waals surface area contributed by atoms with E-state index in [0.29, 0.717) is 25.6 Å². The second kappa shape index (κ2) is 12.3. The Bertz CT molecular complexity index is 473. The Labute approximate surface area is 164 Å². The number of nitrogens with zero attached hydrogens (tertiary/aromatic N) is 3. The fraction of sp³-hybridized carbons (Fsp3) is 0.933. The molecule has 1 aliphatic rings. The maximum absolute atomic E-state index is 11.6. The molecule has 0 aliphatic carbocycles. The van der Waals surface area contributed by atoms with Gasteiger partial charge in [-0.15, -0.1) is 24.0 Å². The Morgan fingerprint density at radius 3 is 2.67 bits per heavy atom. The zero-order valence-electron chi connectivity index (χ0n) is 15.3. The Balaban J connectivity index is 0.00000529. The average molecular weight is 476 g/mol. The third-order valence-electron chi connectivity index (χ3n) is 3.97. The van der Waals surface area contributed by atoms with Gasteiger partial charge in [-0.25, -0.2) is 12.7 Å². The normalized spacial score (nSPS) is 18.8. The van der Waals surface area contributed by atoms with E-state index in [4.69, 9.17) is 4.74 Å². The van der Waals surface area contributed by atoms with Gasteiger partial charge in [0.25, 0.3) is 0 Å². The second-order valence-electron chi connectivity index (χ2n) is 5.90. The van der Waals surface area contributed by atoms with Gasteiger partial charge < -0.3 is 15.0 Å². The molecule has 0 aromatic carbocycles. The number of hydrogen-bond acceptors (Lipinski definition) is 4. The molecule has 1 rings (SSSR count). The van der Waals surface area contributed by atoms with Crippen molar-refractivity contribution >= 4 is 40.0 Å². The van der Waals surface area contributed by atoms with Gasteiger partial charge in [0, 0.05) is 52.3 Å². The summed E-state index contributed by atoms with van der Waals surface area (Å²) in [7, 11) is -1.37. The van der Waals surface area contributed by atoms with Crippen LogP contribution >= 0.6 is 24.0 Å². The number of aliphatic imine (C=N–C) groups is 1. The molecule has 0 radical (unpaired) electrons. The zero-order valence-corrected chi connectivity index (χ0v) is 18.5. The monoisotopic (exact) mass is 476 g/mol. The van der Waals surface area contributed by atoms with Gasteiger partial charge >= 0.3 is 0 Å². The molecule has 1 saturated heterocycles. The number of sulfonamides is 1. The average Bonchev–Trinajstić information content (AvgIpc) is 2.93. The van der Waals surface area contributed by atoms with E-state index in [-0.39, 0.29) is 24.0 Å². The molecule has 0 aromatic rings. The van der Waals surface area contributed by atoms with Gasteiger partial charge in [0.15, 0.2) is 5.96 Å². The minimum Gasteiger partial charge on any atom is -0.384 e. The predicted molar refractivity (Wildman–Crippen MR) is 110 cm³/mol. The van der Waals surface area contributed by atoms with Crippen LogP contribution in [0, 0.1) is 5.92 Å². The number of methoxy groups -OCH3 is 1. The van der Waals surface area contributed by atoms with Crippen molar-refractivity contribution in [2.75, 3.05) is 59.2 Å². The number of rotatable bonds is 9. The molecule has 1 atom stereocenters. The van der Waals surface area contributed by atoms with Crippen LogP contribution in [0.15, 0.2) is 4.99 Å². The van der Waals surface area contributed by atoms with Crippen molar-refractivity contribution in [2.24, 2.45) is 10.9 Å². The summed E-state index contributed by atoms with van der Waals surface area (Å²) in [6.07, 6.45) is 3.10. The van der Waals surface area contributed by atoms with Crippen molar-refractivity contribution in [1.82, 2.24) is 14.5 Å². The van der Waals surface area contributed by atoms with Crippen LogP contribution < -0.4 is 5.32 Å². The first-order valence-electron chi connectivity index (χ1n) is 8.39. The van der Waals surface area contributed by atoms with E-state index < -0.39 is 10.0 Å². The predicted octanol–water partition coefficient (Wildman–Crippen LogP) is 1.21. The summed E-state index contributed by atoms with van der Waals surface area (Å²) in [6, 6.07) is 0. The number of hydrogen-bond donors (Lipinski definition) is 1. The van der Waals surface area contributed by atoms with Crippen molar-refractivity contribution in [3.05, 3.63) is 0 Å². The molecule has 0 bridgehead atoms. The van der Waals surface area contributed by atoms with Crippen LogP contribution in [0.2, 0.25) is 0 Å². The van der Waals surface area contributed by atoms with Crippen LogP contribution in [-0.2, 0) is 14.8 Å². The van der Waals surface area contributed by atoms with Crippen LogP contribution in [0.4, 0.5) is 0 Å². The van der Waals surface area contributed by atoms with Crippen LogP contribution in [0.25, 0.3) is 0 Å². The number of ether oxygens (including phenoxy) is 1. The summed E-state index contributed by atoms with van der Waals surface area (Å²) >= 11 is 0. The van der Waals surface area contributed by atoms with E-state index in [9.17, 15) is 8.42 Å². The zero-order chi connectivity index (χ0) is 17.3. The molecule has 24 heavy (non-hydrogen) atoms. The first-order valence-corrected chi connectivity index (χ1v) is 10.2.